The van der Waals surface area contributed by atoms with Crippen molar-refractivity contribution < 1.29 is 13.9 Å². The first kappa shape index (κ1) is 23.8. The van der Waals surface area contributed by atoms with E-state index in [1.54, 1.807) is 18.2 Å². The van der Waals surface area contributed by atoms with Crippen LogP contribution in [0.25, 0.3) is 0 Å². The number of guanidine groups is 1. The Morgan fingerprint density at radius 3 is 2.59 bits per heavy atom. The van der Waals surface area contributed by atoms with Gasteiger partial charge in [0.15, 0.2) is 5.96 Å². The van der Waals surface area contributed by atoms with Crippen LogP contribution in [-0.2, 0) is 4.74 Å². The van der Waals surface area contributed by atoms with Crippen LogP contribution in [0.15, 0.2) is 27.8 Å². The fourth-order valence-electron chi connectivity index (χ4n) is 3.57. The van der Waals surface area contributed by atoms with E-state index in [9.17, 15) is 4.79 Å². The lowest BCUT2D eigenvalue weighted by molar-refractivity contribution is 0.00700. The summed E-state index contributed by atoms with van der Waals surface area (Å²) in [7, 11) is 1.76. The summed E-state index contributed by atoms with van der Waals surface area (Å²) in [5, 5.41) is 6.80. The van der Waals surface area contributed by atoms with Gasteiger partial charge in [0.2, 0.25) is 0 Å². The number of carbonyl (C=O) groups excluding carboxylic acids is 1. The van der Waals surface area contributed by atoms with E-state index in [1.165, 1.54) is 12.8 Å². The highest BCUT2D eigenvalue weighted by atomic mass is 127. The number of halogens is 1. The summed E-state index contributed by atoms with van der Waals surface area (Å²) in [6.07, 6.45) is 3.92. The molecule has 1 aromatic rings. The van der Waals surface area contributed by atoms with Crippen LogP contribution in [0.3, 0.4) is 0 Å². The normalized spacial score (nSPS) is 19.3. The van der Waals surface area contributed by atoms with Crippen LogP contribution < -0.4 is 10.6 Å². The second-order valence-electron chi connectivity index (χ2n) is 8.45. The van der Waals surface area contributed by atoms with Gasteiger partial charge >= 0.3 is 6.09 Å². The van der Waals surface area contributed by atoms with Gasteiger partial charge in [-0.2, -0.15) is 0 Å². The Kier molecular flexibility index (Phi) is 8.62. The van der Waals surface area contributed by atoms with Gasteiger partial charge in [0.25, 0.3) is 0 Å². The molecular weight excluding hydrogens is 485 g/mol. The quantitative estimate of drug-likeness (QED) is 0.354. The number of carbonyl (C=O) groups is 1. The number of rotatable bonds is 5. The third kappa shape index (κ3) is 6.77. The lowest BCUT2D eigenvalue weighted by Crippen LogP contribution is -2.63. The Morgan fingerprint density at radius 2 is 2.03 bits per heavy atom. The third-order valence-electron chi connectivity index (χ3n) is 5.01. The maximum Gasteiger partial charge on any atom is 0.410 e. The Hall–Kier alpha value is -1.49. The predicted molar refractivity (Wildman–Crippen MR) is 124 cm³/mol. The van der Waals surface area contributed by atoms with Crippen molar-refractivity contribution in [3.63, 3.8) is 0 Å². The van der Waals surface area contributed by atoms with Gasteiger partial charge < -0.3 is 24.7 Å². The number of hydrogen-bond acceptors (Lipinski definition) is 5. The zero-order chi connectivity index (χ0) is 20.1. The standard InChI is InChI=1S/C20H33N5O3.HI/c1-20(2,3)28-19(26)25-13-15(14-25)23-18(21-4)22-12-16(17-8-7-11-27-17)24-9-5-6-10-24;/h7-8,11,15-16H,5-6,9-10,12-14H2,1-4H3,(H2,21,22,23);1H. The van der Waals surface area contributed by atoms with E-state index in [0.717, 1.165) is 31.4 Å². The predicted octanol–water partition coefficient (Wildman–Crippen LogP) is 2.82. The first-order valence-electron chi connectivity index (χ1n) is 10.1. The molecule has 0 aromatic carbocycles. The summed E-state index contributed by atoms with van der Waals surface area (Å²) < 4.78 is 11.1. The largest absolute Gasteiger partial charge is 0.468 e. The van der Waals surface area contributed by atoms with Crippen molar-refractivity contribution >= 4 is 36.0 Å². The van der Waals surface area contributed by atoms with Crippen LogP contribution in [0, 0.1) is 0 Å². The summed E-state index contributed by atoms with van der Waals surface area (Å²) in [4.78, 5) is 20.5. The van der Waals surface area contributed by atoms with Crippen molar-refractivity contribution in [3.05, 3.63) is 24.2 Å². The van der Waals surface area contributed by atoms with Crippen molar-refractivity contribution in [2.24, 2.45) is 4.99 Å². The third-order valence-corrected chi connectivity index (χ3v) is 5.01. The molecule has 2 saturated heterocycles. The molecule has 1 amide bonds. The van der Waals surface area contributed by atoms with E-state index in [4.69, 9.17) is 9.15 Å². The maximum absolute atomic E-state index is 12.0. The van der Waals surface area contributed by atoms with Crippen molar-refractivity contribution in [2.75, 3.05) is 39.8 Å². The number of likely N-dealkylation sites (tertiary alicyclic amines) is 2. The van der Waals surface area contributed by atoms with Crippen LogP contribution in [0.1, 0.15) is 45.4 Å². The molecule has 2 aliphatic heterocycles. The number of hydrogen-bond donors (Lipinski definition) is 2. The van der Waals surface area contributed by atoms with Gasteiger partial charge in [-0.1, -0.05) is 0 Å². The molecule has 8 nitrogen and oxygen atoms in total. The van der Waals surface area contributed by atoms with Crippen LogP contribution in [-0.4, -0.2) is 73.3 Å². The monoisotopic (exact) mass is 519 g/mol. The number of aliphatic imine (C=N–C) groups is 1. The van der Waals surface area contributed by atoms with Gasteiger partial charge in [-0.05, 0) is 58.8 Å². The van der Waals surface area contributed by atoms with Gasteiger partial charge in [-0.15, -0.1) is 24.0 Å². The lowest BCUT2D eigenvalue weighted by Gasteiger charge is -2.40. The van der Waals surface area contributed by atoms with E-state index in [-0.39, 0.29) is 42.2 Å². The smallest absolute Gasteiger partial charge is 0.410 e. The second-order valence-corrected chi connectivity index (χ2v) is 8.45. The van der Waals surface area contributed by atoms with E-state index in [2.05, 4.69) is 20.5 Å². The van der Waals surface area contributed by atoms with Gasteiger partial charge in [-0.3, -0.25) is 9.89 Å². The average molecular weight is 519 g/mol. The molecule has 2 fully saturated rings. The summed E-state index contributed by atoms with van der Waals surface area (Å²) in [5.74, 6) is 1.72. The van der Waals surface area contributed by atoms with Crippen LogP contribution in [0.4, 0.5) is 4.79 Å². The van der Waals surface area contributed by atoms with E-state index in [0.29, 0.717) is 13.1 Å². The second kappa shape index (κ2) is 10.5. The number of ether oxygens (including phenoxy) is 1. The van der Waals surface area contributed by atoms with Crippen LogP contribution >= 0.6 is 24.0 Å². The molecule has 2 aliphatic rings. The number of nitrogens with zero attached hydrogens (tertiary/aromatic N) is 3. The SMILES string of the molecule is CN=C(NCC(c1ccco1)N1CCCC1)NC1CN(C(=O)OC(C)(C)C)C1.I. The molecule has 3 rings (SSSR count). The molecule has 2 N–H and O–H groups in total. The first-order valence-corrected chi connectivity index (χ1v) is 10.1. The number of amides is 1. The lowest BCUT2D eigenvalue weighted by atomic mass is 10.1. The minimum Gasteiger partial charge on any atom is -0.468 e. The highest BCUT2D eigenvalue weighted by molar-refractivity contribution is 14.0. The zero-order valence-corrected chi connectivity index (χ0v) is 20.1. The van der Waals surface area contributed by atoms with Gasteiger partial charge in [-0.25, -0.2) is 4.79 Å². The summed E-state index contributed by atoms with van der Waals surface area (Å²) in [6, 6.07) is 4.33. The Bertz CT molecular complexity index is 662. The van der Waals surface area contributed by atoms with Crippen molar-refractivity contribution in [1.29, 1.82) is 0 Å². The van der Waals surface area contributed by atoms with E-state index in [1.807, 2.05) is 32.9 Å². The Balaban J connectivity index is 0.00000300. The molecule has 9 heteroatoms. The molecule has 0 bridgehead atoms. The van der Waals surface area contributed by atoms with Crippen molar-refractivity contribution in [2.45, 2.75) is 51.3 Å². The fourth-order valence-corrected chi connectivity index (χ4v) is 3.57. The Labute approximate surface area is 190 Å². The molecule has 164 valence electrons. The molecule has 3 heterocycles. The minimum atomic E-state index is -0.469. The van der Waals surface area contributed by atoms with Gasteiger partial charge in [0, 0.05) is 26.7 Å². The molecule has 0 spiro atoms. The summed E-state index contributed by atoms with van der Waals surface area (Å²) in [5.41, 5.74) is -0.469. The minimum absolute atomic E-state index is 0. The van der Waals surface area contributed by atoms with Crippen LogP contribution in [0.2, 0.25) is 0 Å². The topological polar surface area (TPSA) is 82.3 Å². The fraction of sp³-hybridized carbons (Fsp3) is 0.700. The average Bonchev–Trinajstić information content (AvgIpc) is 3.28. The molecule has 0 radical (unpaired) electrons. The van der Waals surface area contributed by atoms with Crippen molar-refractivity contribution in [1.82, 2.24) is 20.4 Å². The van der Waals surface area contributed by atoms with Gasteiger partial charge in [0.1, 0.15) is 11.4 Å². The number of furan rings is 1. The molecule has 1 atom stereocenters. The summed E-state index contributed by atoms with van der Waals surface area (Å²) in [6.45, 7) is 9.76. The van der Waals surface area contributed by atoms with E-state index >= 15 is 0 Å². The zero-order valence-electron chi connectivity index (χ0n) is 17.8. The van der Waals surface area contributed by atoms with Crippen LogP contribution in [0.5, 0.6) is 0 Å². The highest BCUT2D eigenvalue weighted by Gasteiger charge is 2.34. The molecule has 1 unspecified atom stereocenters. The summed E-state index contributed by atoms with van der Waals surface area (Å²) >= 11 is 0. The molecule has 0 saturated carbocycles. The van der Waals surface area contributed by atoms with E-state index < -0.39 is 5.60 Å². The highest BCUT2D eigenvalue weighted by Crippen LogP contribution is 2.24. The molecular formula is C20H34IN5O3. The van der Waals surface area contributed by atoms with Crippen molar-refractivity contribution in [3.8, 4) is 0 Å². The Morgan fingerprint density at radius 1 is 1.34 bits per heavy atom. The van der Waals surface area contributed by atoms with Gasteiger partial charge in [0.05, 0.1) is 18.3 Å². The molecule has 0 aliphatic carbocycles. The molecule has 29 heavy (non-hydrogen) atoms. The first-order chi connectivity index (χ1) is 13.4. The maximum atomic E-state index is 12.0. The number of nitrogens with one attached hydrogen (secondary N) is 2. The molecule has 1 aromatic heterocycles.